The molecule has 2 saturated heterocycles. The lowest BCUT2D eigenvalue weighted by Gasteiger charge is -2.33. The van der Waals surface area contributed by atoms with E-state index in [-0.39, 0.29) is 42.9 Å². The van der Waals surface area contributed by atoms with E-state index in [4.69, 9.17) is 4.74 Å². The largest absolute Gasteiger partial charge is 0.366 e. The van der Waals surface area contributed by atoms with Crippen LogP contribution in [-0.4, -0.2) is 55.7 Å². The van der Waals surface area contributed by atoms with E-state index >= 15 is 0 Å². The Kier molecular flexibility index (Phi) is 9.63. The number of hydrogen-bond donors (Lipinski definition) is 2. The molecule has 0 saturated carbocycles. The summed E-state index contributed by atoms with van der Waals surface area (Å²) in [6.45, 7) is 4.96. The first-order chi connectivity index (χ1) is 10.8. The number of amides is 1. The Morgan fingerprint density at radius 2 is 2.08 bits per heavy atom. The van der Waals surface area contributed by atoms with Crippen molar-refractivity contribution in [3.63, 3.8) is 0 Å². The number of morpholine rings is 1. The van der Waals surface area contributed by atoms with E-state index in [9.17, 15) is 4.79 Å². The van der Waals surface area contributed by atoms with Gasteiger partial charge < -0.3 is 15.4 Å². The Balaban J connectivity index is 0.00000144. The zero-order valence-electron chi connectivity index (χ0n) is 13.8. The molecule has 1 aromatic rings. The molecule has 0 bridgehead atoms. The number of carbonyl (C=O) groups excluding carboxylic acids is 1. The molecular weight excluding hydrogens is 349 g/mol. The maximum Gasteiger partial charge on any atom is 0.250 e. The fourth-order valence-electron chi connectivity index (χ4n) is 3.12. The summed E-state index contributed by atoms with van der Waals surface area (Å²) in [6.07, 6.45) is 1.83. The van der Waals surface area contributed by atoms with Gasteiger partial charge in [0.25, 0.3) is 5.91 Å². The van der Waals surface area contributed by atoms with Crippen molar-refractivity contribution < 1.29 is 9.53 Å². The quantitative estimate of drug-likeness (QED) is 0.838. The van der Waals surface area contributed by atoms with Gasteiger partial charge in [-0.25, -0.2) is 0 Å². The van der Waals surface area contributed by atoms with Gasteiger partial charge in [-0.2, -0.15) is 0 Å². The van der Waals surface area contributed by atoms with E-state index in [0.717, 1.165) is 39.0 Å². The van der Waals surface area contributed by atoms with Crippen molar-refractivity contribution in [2.24, 2.45) is 0 Å². The summed E-state index contributed by atoms with van der Waals surface area (Å²) >= 11 is 0. The van der Waals surface area contributed by atoms with E-state index in [0.29, 0.717) is 13.2 Å². The minimum Gasteiger partial charge on any atom is -0.366 e. The van der Waals surface area contributed by atoms with Gasteiger partial charge in [0.05, 0.1) is 6.61 Å². The molecule has 0 aliphatic carbocycles. The number of rotatable bonds is 4. The summed E-state index contributed by atoms with van der Waals surface area (Å²) in [5.74, 6) is 0.0338. The molecule has 24 heavy (non-hydrogen) atoms. The number of carbonyl (C=O) groups is 1. The van der Waals surface area contributed by atoms with Crippen LogP contribution in [0.2, 0.25) is 0 Å². The molecule has 1 aromatic carbocycles. The molecule has 5 nitrogen and oxygen atoms in total. The highest BCUT2D eigenvalue weighted by Crippen LogP contribution is 2.11. The molecule has 2 atom stereocenters. The molecule has 2 N–H and O–H groups in total. The topological polar surface area (TPSA) is 53.6 Å². The molecule has 136 valence electrons. The van der Waals surface area contributed by atoms with E-state index < -0.39 is 0 Å². The van der Waals surface area contributed by atoms with Crippen LogP contribution in [0.5, 0.6) is 0 Å². The lowest BCUT2D eigenvalue weighted by molar-refractivity contribution is -0.139. The molecule has 2 heterocycles. The second-order valence-electron chi connectivity index (χ2n) is 6.13. The average molecular weight is 376 g/mol. The predicted octanol–water partition coefficient (Wildman–Crippen LogP) is 1.60. The Morgan fingerprint density at radius 3 is 2.79 bits per heavy atom. The van der Waals surface area contributed by atoms with Gasteiger partial charge in [0.15, 0.2) is 0 Å². The highest BCUT2D eigenvalue weighted by Gasteiger charge is 2.28. The second-order valence-corrected chi connectivity index (χ2v) is 6.13. The van der Waals surface area contributed by atoms with Crippen LogP contribution >= 0.6 is 24.8 Å². The van der Waals surface area contributed by atoms with Crippen LogP contribution in [0.1, 0.15) is 18.4 Å². The molecule has 2 fully saturated rings. The molecule has 0 aromatic heterocycles. The van der Waals surface area contributed by atoms with Crippen molar-refractivity contribution in [3.05, 3.63) is 35.9 Å². The molecule has 0 spiro atoms. The number of ether oxygens (including phenoxy) is 1. The summed E-state index contributed by atoms with van der Waals surface area (Å²) < 4.78 is 5.68. The summed E-state index contributed by atoms with van der Waals surface area (Å²) in [5.41, 5.74) is 1.28. The zero-order chi connectivity index (χ0) is 15.2. The monoisotopic (exact) mass is 375 g/mol. The third kappa shape index (κ3) is 6.22. The first-order valence-corrected chi connectivity index (χ1v) is 8.20. The minimum absolute atomic E-state index is 0. The van der Waals surface area contributed by atoms with E-state index in [1.807, 2.05) is 6.07 Å². The van der Waals surface area contributed by atoms with Crippen molar-refractivity contribution in [2.45, 2.75) is 31.5 Å². The van der Waals surface area contributed by atoms with Gasteiger partial charge >= 0.3 is 0 Å². The SMILES string of the molecule is Cl.Cl.O=C(N[C@H]1CCCNC1)C1CN(Cc2ccccc2)CCO1. The van der Waals surface area contributed by atoms with Crippen molar-refractivity contribution in [1.29, 1.82) is 0 Å². The lowest BCUT2D eigenvalue weighted by Crippen LogP contribution is -2.54. The van der Waals surface area contributed by atoms with Gasteiger partial charge in [-0.15, -0.1) is 24.8 Å². The average Bonchev–Trinajstić information content (AvgIpc) is 2.57. The molecule has 2 aliphatic rings. The van der Waals surface area contributed by atoms with E-state index in [1.165, 1.54) is 5.56 Å². The Morgan fingerprint density at radius 1 is 1.29 bits per heavy atom. The molecule has 7 heteroatoms. The number of halogens is 2. The van der Waals surface area contributed by atoms with Crippen molar-refractivity contribution in [3.8, 4) is 0 Å². The van der Waals surface area contributed by atoms with Crippen molar-refractivity contribution >= 4 is 30.7 Å². The maximum absolute atomic E-state index is 12.4. The first-order valence-electron chi connectivity index (χ1n) is 8.20. The summed E-state index contributed by atoms with van der Waals surface area (Å²) in [5, 5.41) is 6.44. The normalized spacial score (nSPS) is 24.3. The maximum atomic E-state index is 12.4. The number of nitrogens with one attached hydrogen (secondary N) is 2. The summed E-state index contributed by atoms with van der Waals surface area (Å²) in [6, 6.07) is 10.6. The smallest absolute Gasteiger partial charge is 0.250 e. The lowest BCUT2D eigenvalue weighted by atomic mass is 10.1. The first kappa shape index (κ1) is 21.2. The zero-order valence-corrected chi connectivity index (χ0v) is 15.4. The number of benzene rings is 1. The molecular formula is C17H27Cl2N3O2. The Bertz CT molecular complexity index is 484. The van der Waals surface area contributed by atoms with Gasteiger partial charge in [0.2, 0.25) is 0 Å². The van der Waals surface area contributed by atoms with Crippen LogP contribution in [-0.2, 0) is 16.1 Å². The third-order valence-electron chi connectivity index (χ3n) is 4.34. The molecule has 2 aliphatic heterocycles. The van der Waals surface area contributed by atoms with Crippen LogP contribution in [0.3, 0.4) is 0 Å². The van der Waals surface area contributed by atoms with Crippen LogP contribution in [0.15, 0.2) is 30.3 Å². The van der Waals surface area contributed by atoms with Gasteiger partial charge in [-0.05, 0) is 24.9 Å². The molecule has 1 unspecified atom stereocenters. The highest BCUT2D eigenvalue weighted by molar-refractivity contribution is 5.85. The standard InChI is InChI=1S/C17H25N3O2.2ClH/c21-17(19-15-7-4-8-18-11-15)16-13-20(9-10-22-16)12-14-5-2-1-3-6-14;;/h1-3,5-6,15-16,18H,4,7-13H2,(H,19,21);2*1H/t15-,16?;;/m0../s1. The van der Waals surface area contributed by atoms with Gasteiger partial charge in [0.1, 0.15) is 6.10 Å². The van der Waals surface area contributed by atoms with Crippen LogP contribution < -0.4 is 10.6 Å². The number of piperidine rings is 1. The highest BCUT2D eigenvalue weighted by atomic mass is 35.5. The molecule has 3 rings (SSSR count). The van der Waals surface area contributed by atoms with E-state index in [2.05, 4.69) is 39.8 Å². The van der Waals surface area contributed by atoms with Gasteiger partial charge in [-0.3, -0.25) is 9.69 Å². The fraction of sp³-hybridized carbons (Fsp3) is 0.588. The van der Waals surface area contributed by atoms with Crippen LogP contribution in [0.25, 0.3) is 0 Å². The van der Waals surface area contributed by atoms with Crippen LogP contribution in [0.4, 0.5) is 0 Å². The van der Waals surface area contributed by atoms with Crippen molar-refractivity contribution in [1.82, 2.24) is 15.5 Å². The summed E-state index contributed by atoms with van der Waals surface area (Å²) in [4.78, 5) is 14.7. The van der Waals surface area contributed by atoms with Crippen molar-refractivity contribution in [2.75, 3.05) is 32.8 Å². The fourth-order valence-corrected chi connectivity index (χ4v) is 3.12. The Labute approximate surface area is 156 Å². The minimum atomic E-state index is -0.348. The summed E-state index contributed by atoms with van der Waals surface area (Å²) in [7, 11) is 0. The molecule has 1 amide bonds. The van der Waals surface area contributed by atoms with Gasteiger partial charge in [-0.1, -0.05) is 30.3 Å². The molecule has 0 radical (unpaired) electrons. The second kappa shape index (κ2) is 10.9. The number of nitrogens with zero attached hydrogens (tertiary/aromatic N) is 1. The third-order valence-corrected chi connectivity index (χ3v) is 4.34. The van der Waals surface area contributed by atoms with E-state index in [1.54, 1.807) is 0 Å². The number of hydrogen-bond acceptors (Lipinski definition) is 4. The van der Waals surface area contributed by atoms with Crippen LogP contribution in [0, 0.1) is 0 Å². The van der Waals surface area contributed by atoms with Gasteiger partial charge in [0, 0.05) is 32.2 Å². The predicted molar refractivity (Wildman–Crippen MR) is 100.0 cm³/mol. The Hall–Kier alpha value is -0.850.